The van der Waals surface area contributed by atoms with E-state index in [4.69, 9.17) is 16.7 Å². The summed E-state index contributed by atoms with van der Waals surface area (Å²) >= 11 is 5.79. The molecule has 0 spiro atoms. The van der Waals surface area contributed by atoms with Crippen molar-refractivity contribution in [2.45, 2.75) is 38.0 Å². The number of alkyl halides is 2. The Hall–Kier alpha value is -3.39. The van der Waals surface area contributed by atoms with Crippen molar-refractivity contribution in [3.63, 3.8) is 0 Å². The molecule has 1 aliphatic carbocycles. The smallest absolute Gasteiger partial charge is 0.335 e. The number of hydrogen-bond donors (Lipinski definition) is 1. The molecule has 182 valence electrons. The van der Waals surface area contributed by atoms with Crippen molar-refractivity contribution in [3.8, 4) is 11.1 Å². The van der Waals surface area contributed by atoms with Crippen LogP contribution in [0.1, 0.15) is 58.8 Å². The molecule has 9 heteroatoms. The van der Waals surface area contributed by atoms with Crippen LogP contribution in [-0.4, -0.2) is 16.9 Å². The summed E-state index contributed by atoms with van der Waals surface area (Å²) in [6.45, 7) is 0. The Balaban J connectivity index is 1.65. The minimum absolute atomic E-state index is 0.00249. The van der Waals surface area contributed by atoms with Gasteiger partial charge in [0.15, 0.2) is 12.0 Å². The van der Waals surface area contributed by atoms with Gasteiger partial charge in [0, 0.05) is 23.6 Å². The second-order valence-electron chi connectivity index (χ2n) is 8.67. The molecular weight excluding hydrogens is 483 g/mol. The third-order valence-corrected chi connectivity index (χ3v) is 6.48. The van der Waals surface area contributed by atoms with Crippen LogP contribution in [0, 0.1) is 16.9 Å². The summed E-state index contributed by atoms with van der Waals surface area (Å²) in [7, 11) is 0. The lowest BCUT2D eigenvalue weighted by molar-refractivity contribution is -0.614. The van der Waals surface area contributed by atoms with E-state index in [2.05, 4.69) is 0 Å². The molecule has 1 aliphatic rings. The van der Waals surface area contributed by atoms with E-state index in [0.717, 1.165) is 31.2 Å². The molecule has 1 N–H and O–H groups in total. The molecule has 0 saturated heterocycles. The van der Waals surface area contributed by atoms with Crippen molar-refractivity contribution in [1.82, 2.24) is 0 Å². The summed E-state index contributed by atoms with van der Waals surface area (Å²) in [5, 5.41) is 21.7. The molecule has 0 unspecified atom stereocenters. The van der Waals surface area contributed by atoms with Crippen LogP contribution >= 0.6 is 11.6 Å². The highest BCUT2D eigenvalue weighted by Crippen LogP contribution is 2.40. The lowest BCUT2D eigenvalue weighted by Gasteiger charge is -2.17. The molecule has 1 heterocycles. The van der Waals surface area contributed by atoms with Gasteiger partial charge in [-0.3, -0.25) is 4.79 Å². The zero-order chi connectivity index (χ0) is 25.3. The standard InChI is InChI=1S/C26H21ClF3NO4/c27-20-9-8-18(25(29)30)23(24(20)28)17-7-10-21(31(35)13-17)19(11-14-1-2-14)22(32)12-15-3-5-16(6-4-15)26(33)34/h3-10,13-14,19,25H,1-2,11-12H2,(H,33,34)/t19-/m0/s1. The summed E-state index contributed by atoms with van der Waals surface area (Å²) in [5.74, 6) is -2.79. The monoisotopic (exact) mass is 503 g/mol. The van der Waals surface area contributed by atoms with Crippen LogP contribution in [0.25, 0.3) is 11.1 Å². The number of hydrogen-bond acceptors (Lipinski definition) is 3. The molecular formula is C26H21ClF3NO4. The zero-order valence-corrected chi connectivity index (χ0v) is 19.1. The van der Waals surface area contributed by atoms with Gasteiger partial charge in [-0.2, -0.15) is 4.73 Å². The third-order valence-electron chi connectivity index (χ3n) is 6.19. The van der Waals surface area contributed by atoms with Crippen molar-refractivity contribution in [2.75, 3.05) is 0 Å². The Bertz CT molecular complexity index is 1280. The van der Waals surface area contributed by atoms with E-state index in [1.54, 1.807) is 12.1 Å². The van der Waals surface area contributed by atoms with Gasteiger partial charge < -0.3 is 10.3 Å². The molecule has 35 heavy (non-hydrogen) atoms. The van der Waals surface area contributed by atoms with Gasteiger partial charge in [-0.15, -0.1) is 0 Å². The summed E-state index contributed by atoms with van der Waals surface area (Å²) < 4.78 is 42.1. The summed E-state index contributed by atoms with van der Waals surface area (Å²) in [6, 6.07) is 10.7. The first-order valence-corrected chi connectivity index (χ1v) is 11.4. The molecule has 0 aliphatic heterocycles. The number of nitrogens with zero attached hydrogens (tertiary/aromatic N) is 1. The van der Waals surface area contributed by atoms with Crippen LogP contribution in [0.4, 0.5) is 13.2 Å². The number of pyridine rings is 1. The molecule has 4 rings (SSSR count). The number of Topliss-reactive ketones (excluding diaryl/α,β-unsaturated/α-hetero) is 1. The Morgan fingerprint density at radius 1 is 1.09 bits per heavy atom. The van der Waals surface area contributed by atoms with E-state index in [0.29, 0.717) is 22.6 Å². The number of ketones is 1. The lowest BCUT2D eigenvalue weighted by atomic mass is 9.89. The summed E-state index contributed by atoms with van der Waals surface area (Å²) in [4.78, 5) is 24.2. The number of carboxylic acid groups (broad SMARTS) is 1. The number of carboxylic acids is 1. The lowest BCUT2D eigenvalue weighted by Crippen LogP contribution is -2.36. The van der Waals surface area contributed by atoms with Gasteiger partial charge in [0.05, 0.1) is 16.1 Å². The topological polar surface area (TPSA) is 81.3 Å². The van der Waals surface area contributed by atoms with E-state index in [-0.39, 0.29) is 34.0 Å². The molecule has 0 bridgehead atoms. The van der Waals surface area contributed by atoms with Crippen molar-refractivity contribution in [2.24, 2.45) is 5.92 Å². The number of carbonyl (C=O) groups excluding carboxylic acids is 1. The van der Waals surface area contributed by atoms with E-state index in [1.165, 1.54) is 24.3 Å². The van der Waals surface area contributed by atoms with Gasteiger partial charge in [0.2, 0.25) is 5.69 Å². The van der Waals surface area contributed by atoms with Crippen LogP contribution < -0.4 is 4.73 Å². The third kappa shape index (κ3) is 5.48. The molecule has 1 fully saturated rings. The van der Waals surface area contributed by atoms with E-state index >= 15 is 0 Å². The van der Waals surface area contributed by atoms with Gasteiger partial charge in [-0.25, -0.2) is 18.0 Å². The maximum Gasteiger partial charge on any atom is 0.335 e. The molecule has 5 nitrogen and oxygen atoms in total. The van der Waals surface area contributed by atoms with Crippen molar-refractivity contribution < 1.29 is 32.6 Å². The van der Waals surface area contributed by atoms with Crippen LogP contribution in [0.15, 0.2) is 54.7 Å². The maximum atomic E-state index is 14.7. The minimum atomic E-state index is -2.98. The fourth-order valence-corrected chi connectivity index (χ4v) is 4.30. The Kier molecular flexibility index (Phi) is 7.12. The highest BCUT2D eigenvalue weighted by atomic mass is 35.5. The molecule has 1 atom stereocenters. The first kappa shape index (κ1) is 24.7. The first-order valence-electron chi connectivity index (χ1n) is 11.0. The van der Waals surface area contributed by atoms with Crippen molar-refractivity contribution >= 4 is 23.4 Å². The number of carbonyl (C=O) groups is 2. The van der Waals surface area contributed by atoms with Crippen LogP contribution in [0.2, 0.25) is 5.02 Å². The fraction of sp³-hybridized carbons (Fsp3) is 0.269. The molecule has 3 aromatic rings. The normalized spacial score (nSPS) is 14.2. The van der Waals surface area contributed by atoms with E-state index < -0.39 is 35.3 Å². The van der Waals surface area contributed by atoms with Gasteiger partial charge in [-0.05, 0) is 42.2 Å². The van der Waals surface area contributed by atoms with Gasteiger partial charge in [-0.1, -0.05) is 42.6 Å². The second kappa shape index (κ2) is 10.1. The SMILES string of the molecule is O=C(O)c1ccc(CC(=O)[C@@H](CC2CC2)c2ccc(-c3c(C(F)F)ccc(Cl)c3F)c[n+]2[O-])cc1. The first-order chi connectivity index (χ1) is 16.7. The molecule has 0 amide bonds. The number of aromatic nitrogens is 1. The minimum Gasteiger partial charge on any atom is -0.618 e. The summed E-state index contributed by atoms with van der Waals surface area (Å²) in [6.07, 6.45) is 0.358. The largest absolute Gasteiger partial charge is 0.618 e. The second-order valence-corrected chi connectivity index (χ2v) is 9.08. The number of halogens is 4. The average molecular weight is 504 g/mol. The summed E-state index contributed by atoms with van der Waals surface area (Å²) in [5.41, 5.74) is -0.255. The number of benzene rings is 2. The Morgan fingerprint density at radius 3 is 2.34 bits per heavy atom. The van der Waals surface area contributed by atoms with Crippen molar-refractivity contribution in [3.05, 3.63) is 93.2 Å². The predicted octanol–water partition coefficient (Wildman–Crippen LogP) is 6.11. The quantitative estimate of drug-likeness (QED) is 0.282. The highest BCUT2D eigenvalue weighted by Gasteiger charge is 2.35. The fourth-order valence-electron chi connectivity index (χ4n) is 4.14. The predicted molar refractivity (Wildman–Crippen MR) is 123 cm³/mol. The highest BCUT2D eigenvalue weighted by molar-refractivity contribution is 6.31. The molecule has 1 aromatic heterocycles. The molecule has 0 radical (unpaired) electrons. The van der Waals surface area contributed by atoms with E-state index in [1.807, 2.05) is 0 Å². The zero-order valence-electron chi connectivity index (χ0n) is 18.4. The van der Waals surface area contributed by atoms with Crippen LogP contribution in [0.5, 0.6) is 0 Å². The average Bonchev–Trinajstić information content (AvgIpc) is 3.64. The van der Waals surface area contributed by atoms with Crippen LogP contribution in [0.3, 0.4) is 0 Å². The van der Waals surface area contributed by atoms with E-state index in [9.17, 15) is 28.0 Å². The van der Waals surface area contributed by atoms with Crippen LogP contribution in [-0.2, 0) is 11.2 Å². The molecule has 2 aromatic carbocycles. The molecule has 1 saturated carbocycles. The number of rotatable bonds is 9. The van der Waals surface area contributed by atoms with Crippen molar-refractivity contribution in [1.29, 1.82) is 0 Å². The Morgan fingerprint density at radius 2 is 1.77 bits per heavy atom. The number of aromatic carboxylic acids is 1. The maximum absolute atomic E-state index is 14.7. The Labute approximate surface area is 204 Å². The van der Waals surface area contributed by atoms with Gasteiger partial charge >= 0.3 is 5.97 Å². The van der Waals surface area contributed by atoms with Gasteiger partial charge in [0.25, 0.3) is 6.43 Å². The van der Waals surface area contributed by atoms with Gasteiger partial charge in [0.1, 0.15) is 11.7 Å².